The lowest BCUT2D eigenvalue weighted by Gasteiger charge is -2.27. The summed E-state index contributed by atoms with van der Waals surface area (Å²) in [6.07, 6.45) is 7.47. The molecular formula is C24H46N4O4. The van der Waals surface area contributed by atoms with E-state index < -0.39 is 24.1 Å². The number of amides is 2. The van der Waals surface area contributed by atoms with E-state index in [0.29, 0.717) is 13.0 Å². The Morgan fingerprint density at radius 3 is 2.28 bits per heavy atom. The first-order chi connectivity index (χ1) is 15.2. The Morgan fingerprint density at radius 1 is 1.03 bits per heavy atom. The molecule has 0 aromatic rings. The summed E-state index contributed by atoms with van der Waals surface area (Å²) in [4.78, 5) is 38.2. The Balaban J connectivity index is 2.66. The number of aliphatic hydroxyl groups is 1. The van der Waals surface area contributed by atoms with Crippen molar-refractivity contribution in [3.63, 3.8) is 0 Å². The fraction of sp³-hybridized carbons (Fsp3) is 0.875. The fourth-order valence-electron chi connectivity index (χ4n) is 4.31. The van der Waals surface area contributed by atoms with Crippen LogP contribution in [0.1, 0.15) is 79.1 Å². The molecule has 0 saturated carbocycles. The van der Waals surface area contributed by atoms with E-state index in [4.69, 9.17) is 5.73 Å². The molecule has 1 fully saturated rings. The van der Waals surface area contributed by atoms with Crippen molar-refractivity contribution in [2.75, 3.05) is 19.6 Å². The van der Waals surface area contributed by atoms with Crippen LogP contribution in [-0.4, -0.2) is 60.5 Å². The van der Waals surface area contributed by atoms with Crippen LogP contribution in [0.3, 0.4) is 0 Å². The molecule has 0 radical (unpaired) electrons. The van der Waals surface area contributed by atoms with Gasteiger partial charge < -0.3 is 26.8 Å². The molecule has 1 aliphatic rings. The minimum Gasteiger partial charge on any atom is -0.391 e. The smallest absolute Gasteiger partial charge is 0.245 e. The van der Waals surface area contributed by atoms with Gasteiger partial charge in [0, 0.05) is 12.5 Å². The van der Waals surface area contributed by atoms with Crippen LogP contribution in [-0.2, 0) is 14.4 Å². The van der Waals surface area contributed by atoms with Crippen molar-refractivity contribution in [1.82, 2.24) is 16.0 Å². The lowest BCUT2D eigenvalue weighted by molar-refractivity contribution is -0.136. The molecule has 32 heavy (non-hydrogen) atoms. The Labute approximate surface area is 193 Å². The molecule has 0 aromatic carbocycles. The fourth-order valence-corrected chi connectivity index (χ4v) is 4.31. The average Bonchev–Trinajstić information content (AvgIpc) is 3.21. The maximum Gasteiger partial charge on any atom is 0.245 e. The zero-order valence-electron chi connectivity index (χ0n) is 20.5. The van der Waals surface area contributed by atoms with Crippen LogP contribution in [0, 0.1) is 17.8 Å². The lowest BCUT2D eigenvalue weighted by atomic mass is 9.89. The van der Waals surface area contributed by atoms with Crippen molar-refractivity contribution in [3.05, 3.63) is 0 Å². The predicted molar refractivity (Wildman–Crippen MR) is 127 cm³/mol. The van der Waals surface area contributed by atoms with E-state index in [1.807, 2.05) is 0 Å². The Bertz CT molecular complexity index is 582. The average molecular weight is 455 g/mol. The largest absolute Gasteiger partial charge is 0.391 e. The number of ketones is 1. The SMILES string of the molecule is CCCCCCCC[C@@H]1CNCC1C(=O)N[C@H](C(=O)N[C@@H](CCN)C(=O)C(C)C)[C@H](C)O. The van der Waals surface area contributed by atoms with Gasteiger partial charge in [-0.1, -0.05) is 59.3 Å². The zero-order valence-corrected chi connectivity index (χ0v) is 20.5. The number of hydrogen-bond donors (Lipinski definition) is 5. The van der Waals surface area contributed by atoms with E-state index >= 15 is 0 Å². The van der Waals surface area contributed by atoms with E-state index in [-0.39, 0.29) is 36.0 Å². The number of Topliss-reactive ketones (excluding diaryl/α,β-unsaturated/α-hetero) is 1. The molecule has 1 saturated heterocycles. The van der Waals surface area contributed by atoms with E-state index in [1.54, 1.807) is 13.8 Å². The highest BCUT2D eigenvalue weighted by Crippen LogP contribution is 2.24. The second-order valence-electron chi connectivity index (χ2n) is 9.50. The molecule has 0 spiro atoms. The summed E-state index contributed by atoms with van der Waals surface area (Å²) in [5.74, 6) is -1.14. The quantitative estimate of drug-likeness (QED) is 0.224. The number of nitrogens with two attached hydrogens (primary N) is 1. The van der Waals surface area contributed by atoms with Crippen molar-refractivity contribution in [3.8, 4) is 0 Å². The van der Waals surface area contributed by atoms with Gasteiger partial charge in [-0.05, 0) is 38.8 Å². The molecule has 1 rings (SSSR count). The van der Waals surface area contributed by atoms with E-state index in [9.17, 15) is 19.5 Å². The molecule has 0 aromatic heterocycles. The van der Waals surface area contributed by atoms with Gasteiger partial charge in [0.05, 0.1) is 18.1 Å². The molecule has 1 aliphatic heterocycles. The van der Waals surface area contributed by atoms with E-state index in [0.717, 1.165) is 19.4 Å². The summed E-state index contributed by atoms with van der Waals surface area (Å²) in [5.41, 5.74) is 5.60. The molecule has 186 valence electrons. The molecule has 2 amide bonds. The first-order valence-electron chi connectivity index (χ1n) is 12.5. The van der Waals surface area contributed by atoms with Gasteiger partial charge in [0.1, 0.15) is 6.04 Å². The van der Waals surface area contributed by atoms with Crippen LogP contribution in [0.2, 0.25) is 0 Å². The number of hydrogen-bond acceptors (Lipinski definition) is 6. The standard InChI is InChI=1S/C24H46N4O4/c1-5-6-7-8-9-10-11-18-14-26-15-19(18)23(31)28-21(17(4)29)24(32)27-20(12-13-25)22(30)16(2)3/h16-21,26,29H,5-15,25H2,1-4H3,(H,27,32)(H,28,31)/t17-,18+,19?,20-,21-/m0/s1. The third-order valence-corrected chi connectivity index (χ3v) is 6.35. The highest BCUT2D eigenvalue weighted by atomic mass is 16.3. The van der Waals surface area contributed by atoms with Crippen molar-refractivity contribution in [2.24, 2.45) is 23.5 Å². The minimum absolute atomic E-state index is 0.113. The van der Waals surface area contributed by atoms with Gasteiger partial charge in [0.15, 0.2) is 5.78 Å². The summed E-state index contributed by atoms with van der Waals surface area (Å²) in [6.45, 7) is 8.82. The van der Waals surface area contributed by atoms with Crippen LogP contribution < -0.4 is 21.7 Å². The molecule has 1 heterocycles. The molecule has 0 aliphatic carbocycles. The molecule has 8 nitrogen and oxygen atoms in total. The predicted octanol–water partition coefficient (Wildman–Crippen LogP) is 1.50. The topological polar surface area (TPSA) is 134 Å². The molecule has 6 N–H and O–H groups in total. The van der Waals surface area contributed by atoms with Gasteiger partial charge in [-0.25, -0.2) is 0 Å². The number of aliphatic hydroxyl groups excluding tert-OH is 1. The minimum atomic E-state index is -1.11. The van der Waals surface area contributed by atoms with Gasteiger partial charge in [0.25, 0.3) is 0 Å². The number of carbonyl (C=O) groups excluding carboxylic acids is 3. The third kappa shape index (κ3) is 9.55. The molecule has 5 atom stereocenters. The van der Waals surface area contributed by atoms with Crippen LogP contribution >= 0.6 is 0 Å². The van der Waals surface area contributed by atoms with E-state index in [2.05, 4.69) is 22.9 Å². The van der Waals surface area contributed by atoms with Crippen molar-refractivity contribution in [1.29, 1.82) is 0 Å². The number of nitrogens with one attached hydrogen (secondary N) is 3. The van der Waals surface area contributed by atoms with Crippen LogP contribution in [0.4, 0.5) is 0 Å². The molecular weight excluding hydrogens is 408 g/mol. The third-order valence-electron chi connectivity index (χ3n) is 6.35. The number of carbonyl (C=O) groups is 3. The van der Waals surface area contributed by atoms with Crippen LogP contribution in [0.5, 0.6) is 0 Å². The van der Waals surface area contributed by atoms with E-state index in [1.165, 1.54) is 39.0 Å². The summed E-state index contributed by atoms with van der Waals surface area (Å²) in [5, 5.41) is 18.9. The molecule has 8 heteroatoms. The number of unbranched alkanes of at least 4 members (excludes halogenated alkanes) is 5. The number of rotatable bonds is 16. The summed E-state index contributed by atoms with van der Waals surface area (Å²) in [6, 6.07) is -1.84. The maximum absolute atomic E-state index is 13.0. The molecule has 0 bridgehead atoms. The highest BCUT2D eigenvalue weighted by molar-refractivity contribution is 5.94. The van der Waals surface area contributed by atoms with Crippen LogP contribution in [0.15, 0.2) is 0 Å². The van der Waals surface area contributed by atoms with Crippen molar-refractivity contribution >= 4 is 17.6 Å². The lowest BCUT2D eigenvalue weighted by Crippen LogP contribution is -2.57. The second kappa shape index (κ2) is 15.3. The monoisotopic (exact) mass is 454 g/mol. The van der Waals surface area contributed by atoms with Gasteiger partial charge >= 0.3 is 0 Å². The Kier molecular flexibility index (Phi) is 13.7. The highest BCUT2D eigenvalue weighted by Gasteiger charge is 2.36. The summed E-state index contributed by atoms with van der Waals surface area (Å²) < 4.78 is 0. The van der Waals surface area contributed by atoms with Gasteiger partial charge in [-0.15, -0.1) is 0 Å². The second-order valence-corrected chi connectivity index (χ2v) is 9.50. The summed E-state index contributed by atoms with van der Waals surface area (Å²) >= 11 is 0. The van der Waals surface area contributed by atoms with Crippen molar-refractivity contribution < 1.29 is 19.5 Å². The Hall–Kier alpha value is -1.51. The van der Waals surface area contributed by atoms with Gasteiger partial charge in [-0.3, -0.25) is 14.4 Å². The maximum atomic E-state index is 13.0. The van der Waals surface area contributed by atoms with Crippen molar-refractivity contribution in [2.45, 2.75) is 97.2 Å². The van der Waals surface area contributed by atoms with Gasteiger partial charge in [-0.2, -0.15) is 0 Å². The first kappa shape index (κ1) is 28.5. The first-order valence-corrected chi connectivity index (χ1v) is 12.5. The Morgan fingerprint density at radius 2 is 1.69 bits per heavy atom. The van der Waals surface area contributed by atoms with Gasteiger partial charge in [0.2, 0.25) is 11.8 Å². The molecule has 1 unspecified atom stereocenters. The zero-order chi connectivity index (χ0) is 24.1. The van der Waals surface area contributed by atoms with Crippen LogP contribution in [0.25, 0.3) is 0 Å². The summed E-state index contributed by atoms with van der Waals surface area (Å²) in [7, 11) is 0. The normalized spacial score (nSPS) is 21.2.